The molecule has 4 nitrogen and oxygen atoms in total. The monoisotopic (exact) mass is 251 g/mol. The molecule has 100 valence electrons. The average Bonchev–Trinajstić information content (AvgIpc) is 2.33. The predicted octanol–water partition coefficient (Wildman–Crippen LogP) is 1.61. The summed E-state index contributed by atoms with van der Waals surface area (Å²) in [7, 11) is 0. The summed E-state index contributed by atoms with van der Waals surface area (Å²) in [5.74, 6) is -0.369. The van der Waals surface area contributed by atoms with Gasteiger partial charge in [-0.1, -0.05) is 24.3 Å². The molecule has 0 saturated heterocycles. The molecule has 2 N–H and O–H groups in total. The summed E-state index contributed by atoms with van der Waals surface area (Å²) < 4.78 is 5.69. The summed E-state index contributed by atoms with van der Waals surface area (Å²) in [6.45, 7) is 6.52. The van der Waals surface area contributed by atoms with Crippen LogP contribution in [0.5, 0.6) is 0 Å². The third kappa shape index (κ3) is 5.80. The Morgan fingerprint density at radius 2 is 2.00 bits per heavy atom. The summed E-state index contributed by atoms with van der Waals surface area (Å²) in [5.41, 5.74) is 1.90. The number of benzene rings is 1. The highest BCUT2D eigenvalue weighted by atomic mass is 16.5. The molecule has 0 aliphatic rings. The Bertz CT molecular complexity index is 396. The topological polar surface area (TPSA) is 58.6 Å². The molecular weight excluding hydrogens is 230 g/mol. The van der Waals surface area contributed by atoms with Gasteiger partial charge in [-0.2, -0.15) is 0 Å². The second-order valence-corrected chi connectivity index (χ2v) is 5.16. The number of carbonyl (C=O) groups excluding carboxylic acids is 1. The molecule has 0 saturated carbocycles. The van der Waals surface area contributed by atoms with Gasteiger partial charge in [0.1, 0.15) is 6.61 Å². The van der Waals surface area contributed by atoms with Crippen LogP contribution in [0.3, 0.4) is 0 Å². The summed E-state index contributed by atoms with van der Waals surface area (Å²) in [4.78, 5) is 10.9. The van der Waals surface area contributed by atoms with Gasteiger partial charge in [0, 0.05) is 6.54 Å². The van der Waals surface area contributed by atoms with Gasteiger partial charge in [0.15, 0.2) is 0 Å². The number of hydrogen-bond donors (Lipinski definition) is 2. The quantitative estimate of drug-likeness (QED) is 0.836. The Morgan fingerprint density at radius 3 is 2.61 bits per heavy atom. The number of aliphatic hydroxyl groups excluding tert-OH is 1. The van der Waals surface area contributed by atoms with Crippen LogP contribution in [0.1, 0.15) is 31.9 Å². The molecule has 0 bridgehead atoms. The lowest BCUT2D eigenvalue weighted by molar-refractivity contribution is -0.123. The molecular formula is C14H21NO3. The second kappa shape index (κ2) is 6.52. The lowest BCUT2D eigenvalue weighted by Crippen LogP contribution is -2.25. The van der Waals surface area contributed by atoms with Gasteiger partial charge in [-0.15, -0.1) is 0 Å². The minimum Gasteiger partial charge on any atom is -0.387 e. The first-order chi connectivity index (χ1) is 8.40. The van der Waals surface area contributed by atoms with Crippen molar-refractivity contribution in [1.82, 2.24) is 5.32 Å². The fourth-order valence-corrected chi connectivity index (χ4v) is 1.39. The lowest BCUT2D eigenvalue weighted by atomic mass is 10.1. The van der Waals surface area contributed by atoms with Crippen LogP contribution in [-0.4, -0.2) is 23.2 Å². The number of hydrogen-bond acceptors (Lipinski definition) is 3. The van der Waals surface area contributed by atoms with Crippen molar-refractivity contribution in [3.8, 4) is 0 Å². The van der Waals surface area contributed by atoms with Gasteiger partial charge in [-0.25, -0.2) is 0 Å². The fourth-order valence-electron chi connectivity index (χ4n) is 1.39. The molecule has 1 rings (SSSR count). The Morgan fingerprint density at radius 1 is 1.33 bits per heavy atom. The molecule has 0 spiro atoms. The second-order valence-electron chi connectivity index (χ2n) is 5.16. The third-order valence-electron chi connectivity index (χ3n) is 2.30. The van der Waals surface area contributed by atoms with E-state index in [4.69, 9.17) is 9.84 Å². The summed E-state index contributed by atoms with van der Waals surface area (Å²) in [5, 5.41) is 11.2. The van der Waals surface area contributed by atoms with Crippen LogP contribution in [0.15, 0.2) is 24.3 Å². The van der Waals surface area contributed by atoms with Crippen LogP contribution in [0, 0.1) is 0 Å². The van der Waals surface area contributed by atoms with E-state index in [9.17, 15) is 4.79 Å². The van der Waals surface area contributed by atoms with Gasteiger partial charge >= 0.3 is 0 Å². The van der Waals surface area contributed by atoms with Crippen molar-refractivity contribution in [3.63, 3.8) is 0 Å². The zero-order valence-electron chi connectivity index (χ0n) is 11.2. The van der Waals surface area contributed by atoms with Crippen LogP contribution in [0.25, 0.3) is 0 Å². The van der Waals surface area contributed by atoms with Crippen molar-refractivity contribution in [3.05, 3.63) is 35.4 Å². The molecule has 0 fully saturated rings. The molecule has 0 atom stereocenters. The zero-order chi connectivity index (χ0) is 13.6. The summed E-state index contributed by atoms with van der Waals surface area (Å²) in [6, 6.07) is 7.84. The lowest BCUT2D eigenvalue weighted by Gasteiger charge is -2.19. The minimum absolute atomic E-state index is 0.166. The smallest absolute Gasteiger partial charge is 0.245 e. The van der Waals surface area contributed by atoms with Crippen molar-refractivity contribution >= 4 is 5.91 Å². The number of rotatable bonds is 5. The fraction of sp³-hybridized carbons (Fsp3) is 0.500. The molecule has 18 heavy (non-hydrogen) atoms. The normalized spacial score (nSPS) is 11.3. The first-order valence-corrected chi connectivity index (χ1v) is 6.00. The van der Waals surface area contributed by atoms with E-state index in [0.717, 1.165) is 11.1 Å². The molecule has 1 aromatic carbocycles. The number of ether oxygens (including phenoxy) is 1. The molecule has 0 heterocycles. The number of aliphatic hydroxyl groups is 1. The molecule has 0 radical (unpaired) electrons. The number of carbonyl (C=O) groups is 1. The van der Waals surface area contributed by atoms with Crippen LogP contribution in [-0.2, 0) is 22.7 Å². The van der Waals surface area contributed by atoms with E-state index in [1.807, 2.05) is 45.0 Å². The van der Waals surface area contributed by atoms with Crippen molar-refractivity contribution in [2.45, 2.75) is 39.5 Å². The first-order valence-electron chi connectivity index (χ1n) is 6.00. The Hall–Kier alpha value is -1.39. The van der Waals surface area contributed by atoms with E-state index >= 15 is 0 Å². The zero-order valence-corrected chi connectivity index (χ0v) is 11.2. The maximum absolute atomic E-state index is 10.9. The van der Waals surface area contributed by atoms with Crippen LogP contribution in [0.2, 0.25) is 0 Å². The van der Waals surface area contributed by atoms with E-state index in [1.165, 1.54) is 0 Å². The van der Waals surface area contributed by atoms with Crippen LogP contribution in [0.4, 0.5) is 0 Å². The van der Waals surface area contributed by atoms with Crippen LogP contribution >= 0.6 is 0 Å². The first kappa shape index (κ1) is 14.7. The van der Waals surface area contributed by atoms with E-state index in [2.05, 4.69) is 5.32 Å². The highest BCUT2D eigenvalue weighted by Crippen LogP contribution is 2.13. The van der Waals surface area contributed by atoms with Crippen molar-refractivity contribution in [2.24, 2.45) is 0 Å². The Balaban J connectivity index is 2.54. The summed E-state index contributed by atoms with van der Waals surface area (Å²) in [6.07, 6.45) is 0. The van der Waals surface area contributed by atoms with Gasteiger partial charge in [0.2, 0.25) is 5.91 Å². The molecule has 0 aliphatic heterocycles. The van der Waals surface area contributed by atoms with Crippen LogP contribution < -0.4 is 5.32 Å². The molecule has 0 aromatic heterocycles. The standard InChI is InChI=1S/C14H21NO3/c1-14(2,3)18-10-12-6-4-5-11(7-12)8-15-13(17)9-16/h4-7,16H,8-10H2,1-3H3,(H,15,17). The van der Waals surface area contributed by atoms with Gasteiger partial charge in [0.05, 0.1) is 12.2 Å². The van der Waals surface area contributed by atoms with E-state index < -0.39 is 6.61 Å². The number of nitrogens with one attached hydrogen (secondary N) is 1. The largest absolute Gasteiger partial charge is 0.387 e. The van der Waals surface area contributed by atoms with E-state index in [0.29, 0.717) is 13.2 Å². The van der Waals surface area contributed by atoms with Gasteiger partial charge in [-0.05, 0) is 31.9 Å². The van der Waals surface area contributed by atoms with Crippen molar-refractivity contribution < 1.29 is 14.6 Å². The average molecular weight is 251 g/mol. The van der Waals surface area contributed by atoms with E-state index in [-0.39, 0.29) is 11.5 Å². The highest BCUT2D eigenvalue weighted by molar-refractivity contribution is 5.76. The SMILES string of the molecule is CC(C)(C)OCc1cccc(CNC(=O)CO)c1. The maximum atomic E-state index is 10.9. The highest BCUT2D eigenvalue weighted by Gasteiger charge is 2.10. The van der Waals surface area contributed by atoms with Gasteiger partial charge in [0.25, 0.3) is 0 Å². The molecule has 1 aromatic rings. The van der Waals surface area contributed by atoms with Crippen molar-refractivity contribution in [2.75, 3.05) is 6.61 Å². The Labute approximate surface area is 108 Å². The molecule has 4 heteroatoms. The number of amides is 1. The van der Waals surface area contributed by atoms with Gasteiger partial charge < -0.3 is 15.2 Å². The van der Waals surface area contributed by atoms with E-state index in [1.54, 1.807) is 0 Å². The van der Waals surface area contributed by atoms with Crippen molar-refractivity contribution in [1.29, 1.82) is 0 Å². The summed E-state index contributed by atoms with van der Waals surface area (Å²) >= 11 is 0. The Kier molecular flexibility index (Phi) is 5.31. The molecule has 0 unspecified atom stereocenters. The minimum atomic E-state index is -0.479. The molecule has 0 aliphatic carbocycles. The predicted molar refractivity (Wildman–Crippen MR) is 69.9 cm³/mol. The maximum Gasteiger partial charge on any atom is 0.245 e. The molecule has 1 amide bonds. The third-order valence-corrected chi connectivity index (χ3v) is 2.30. The van der Waals surface area contributed by atoms with Gasteiger partial charge in [-0.3, -0.25) is 4.79 Å².